The molecule has 1 heteroatoms. The SMILES string of the molecule is C=CCNC1=CCCCC1. The first-order valence-corrected chi connectivity index (χ1v) is 3.97. The van der Waals surface area contributed by atoms with Crippen LogP contribution < -0.4 is 5.32 Å². The first-order chi connectivity index (χ1) is 4.93. The second-order valence-corrected chi connectivity index (χ2v) is 2.64. The molecule has 1 rings (SSSR count). The molecule has 0 amide bonds. The maximum atomic E-state index is 3.66. The minimum Gasteiger partial charge on any atom is -0.385 e. The third-order valence-electron chi connectivity index (χ3n) is 1.76. The summed E-state index contributed by atoms with van der Waals surface area (Å²) < 4.78 is 0. The van der Waals surface area contributed by atoms with Crippen molar-refractivity contribution in [1.29, 1.82) is 0 Å². The largest absolute Gasteiger partial charge is 0.385 e. The highest BCUT2D eigenvalue weighted by Gasteiger charge is 2.00. The predicted molar refractivity (Wildman–Crippen MR) is 44.8 cm³/mol. The zero-order valence-corrected chi connectivity index (χ0v) is 6.40. The van der Waals surface area contributed by atoms with Gasteiger partial charge in [-0.1, -0.05) is 12.2 Å². The lowest BCUT2D eigenvalue weighted by Gasteiger charge is -2.13. The zero-order chi connectivity index (χ0) is 7.23. The maximum absolute atomic E-state index is 3.66. The summed E-state index contributed by atoms with van der Waals surface area (Å²) in [6.07, 6.45) is 9.38. The van der Waals surface area contributed by atoms with Crippen LogP contribution in [0.5, 0.6) is 0 Å². The Morgan fingerprint density at radius 1 is 1.60 bits per heavy atom. The molecule has 0 bridgehead atoms. The number of hydrogen-bond acceptors (Lipinski definition) is 1. The Hall–Kier alpha value is -0.720. The van der Waals surface area contributed by atoms with Crippen molar-refractivity contribution in [2.45, 2.75) is 25.7 Å². The molecule has 0 aromatic heterocycles. The minimum absolute atomic E-state index is 0.909. The van der Waals surface area contributed by atoms with Crippen molar-refractivity contribution in [3.63, 3.8) is 0 Å². The second kappa shape index (κ2) is 4.15. The van der Waals surface area contributed by atoms with Crippen LogP contribution in [0.1, 0.15) is 25.7 Å². The summed E-state index contributed by atoms with van der Waals surface area (Å²) in [4.78, 5) is 0. The summed E-state index contributed by atoms with van der Waals surface area (Å²) in [5.41, 5.74) is 1.41. The third-order valence-corrected chi connectivity index (χ3v) is 1.76. The Balaban J connectivity index is 2.24. The molecule has 0 aromatic rings. The summed E-state index contributed by atoms with van der Waals surface area (Å²) in [5, 5.41) is 3.31. The van der Waals surface area contributed by atoms with E-state index in [0.29, 0.717) is 0 Å². The van der Waals surface area contributed by atoms with Crippen molar-refractivity contribution in [2.24, 2.45) is 0 Å². The molecule has 0 aliphatic heterocycles. The Kier molecular flexibility index (Phi) is 3.07. The van der Waals surface area contributed by atoms with Gasteiger partial charge in [-0.05, 0) is 25.7 Å². The summed E-state index contributed by atoms with van der Waals surface area (Å²) in [5.74, 6) is 0. The van der Waals surface area contributed by atoms with Crippen LogP contribution in [-0.4, -0.2) is 6.54 Å². The molecule has 1 N–H and O–H groups in total. The van der Waals surface area contributed by atoms with Crippen molar-refractivity contribution < 1.29 is 0 Å². The lowest BCUT2D eigenvalue weighted by atomic mass is 10.1. The van der Waals surface area contributed by atoms with Crippen LogP contribution in [0.4, 0.5) is 0 Å². The number of hydrogen-bond donors (Lipinski definition) is 1. The van der Waals surface area contributed by atoms with Gasteiger partial charge in [0.25, 0.3) is 0 Å². The molecule has 1 aliphatic carbocycles. The van der Waals surface area contributed by atoms with Gasteiger partial charge in [0.2, 0.25) is 0 Å². The third kappa shape index (κ3) is 2.26. The van der Waals surface area contributed by atoms with Crippen molar-refractivity contribution in [1.82, 2.24) is 5.32 Å². The van der Waals surface area contributed by atoms with Crippen molar-refractivity contribution >= 4 is 0 Å². The molecule has 1 aliphatic rings. The van der Waals surface area contributed by atoms with Gasteiger partial charge in [-0.25, -0.2) is 0 Å². The number of allylic oxidation sites excluding steroid dienone is 2. The molecule has 1 nitrogen and oxygen atoms in total. The van der Waals surface area contributed by atoms with Crippen LogP contribution in [0.3, 0.4) is 0 Å². The molecule has 0 heterocycles. The summed E-state index contributed by atoms with van der Waals surface area (Å²) in [6.45, 7) is 4.56. The smallest absolute Gasteiger partial charge is 0.0325 e. The number of rotatable bonds is 3. The van der Waals surface area contributed by atoms with E-state index in [9.17, 15) is 0 Å². The zero-order valence-electron chi connectivity index (χ0n) is 6.40. The van der Waals surface area contributed by atoms with E-state index in [1.807, 2.05) is 6.08 Å². The van der Waals surface area contributed by atoms with Crippen LogP contribution in [0.2, 0.25) is 0 Å². The predicted octanol–water partition coefficient (Wildman–Crippen LogP) is 2.22. The molecule has 0 atom stereocenters. The van der Waals surface area contributed by atoms with Crippen LogP contribution in [-0.2, 0) is 0 Å². The van der Waals surface area contributed by atoms with E-state index in [1.165, 1.54) is 31.4 Å². The quantitative estimate of drug-likeness (QED) is 0.588. The first-order valence-electron chi connectivity index (χ1n) is 3.97. The van der Waals surface area contributed by atoms with Crippen LogP contribution in [0.25, 0.3) is 0 Å². The maximum Gasteiger partial charge on any atom is 0.0325 e. The molecule has 0 saturated carbocycles. The Morgan fingerprint density at radius 3 is 3.10 bits per heavy atom. The summed E-state index contributed by atoms with van der Waals surface area (Å²) >= 11 is 0. The molecule has 0 radical (unpaired) electrons. The normalized spacial score (nSPS) is 17.8. The standard InChI is InChI=1S/C9H15N/c1-2-8-10-9-6-4-3-5-7-9/h2,6,10H,1,3-5,7-8H2. The van der Waals surface area contributed by atoms with E-state index in [0.717, 1.165) is 6.54 Å². The van der Waals surface area contributed by atoms with E-state index in [2.05, 4.69) is 18.0 Å². The lowest BCUT2D eigenvalue weighted by molar-refractivity contribution is 0.656. The fraction of sp³-hybridized carbons (Fsp3) is 0.556. The number of nitrogens with one attached hydrogen (secondary N) is 1. The fourth-order valence-electron chi connectivity index (χ4n) is 1.20. The van der Waals surface area contributed by atoms with Gasteiger partial charge in [-0.2, -0.15) is 0 Å². The molecule has 10 heavy (non-hydrogen) atoms. The van der Waals surface area contributed by atoms with Gasteiger partial charge in [0.15, 0.2) is 0 Å². The van der Waals surface area contributed by atoms with Gasteiger partial charge in [-0.15, -0.1) is 6.58 Å². The Morgan fingerprint density at radius 2 is 2.50 bits per heavy atom. The molecular weight excluding hydrogens is 122 g/mol. The summed E-state index contributed by atoms with van der Waals surface area (Å²) in [7, 11) is 0. The second-order valence-electron chi connectivity index (χ2n) is 2.64. The topological polar surface area (TPSA) is 12.0 Å². The van der Waals surface area contributed by atoms with Gasteiger partial charge in [0, 0.05) is 12.2 Å². The molecule has 56 valence electrons. The molecule has 0 unspecified atom stereocenters. The monoisotopic (exact) mass is 137 g/mol. The van der Waals surface area contributed by atoms with Crippen LogP contribution in [0, 0.1) is 0 Å². The van der Waals surface area contributed by atoms with E-state index in [-0.39, 0.29) is 0 Å². The van der Waals surface area contributed by atoms with Gasteiger partial charge < -0.3 is 5.32 Å². The van der Waals surface area contributed by atoms with E-state index >= 15 is 0 Å². The fourth-order valence-corrected chi connectivity index (χ4v) is 1.20. The summed E-state index contributed by atoms with van der Waals surface area (Å²) in [6, 6.07) is 0. The molecule has 0 aromatic carbocycles. The van der Waals surface area contributed by atoms with Gasteiger partial charge >= 0.3 is 0 Å². The Labute approximate surface area is 62.8 Å². The highest BCUT2D eigenvalue weighted by atomic mass is 14.9. The highest BCUT2D eigenvalue weighted by molar-refractivity contribution is 5.03. The van der Waals surface area contributed by atoms with E-state index in [1.54, 1.807) is 0 Å². The van der Waals surface area contributed by atoms with Gasteiger partial charge in [0.1, 0.15) is 0 Å². The Bertz CT molecular complexity index is 136. The van der Waals surface area contributed by atoms with Crippen LogP contribution >= 0.6 is 0 Å². The van der Waals surface area contributed by atoms with Crippen molar-refractivity contribution in [3.05, 3.63) is 24.4 Å². The van der Waals surface area contributed by atoms with E-state index < -0.39 is 0 Å². The van der Waals surface area contributed by atoms with Gasteiger partial charge in [0.05, 0.1) is 0 Å². The van der Waals surface area contributed by atoms with Crippen LogP contribution in [0.15, 0.2) is 24.4 Å². The van der Waals surface area contributed by atoms with E-state index in [4.69, 9.17) is 0 Å². The highest BCUT2D eigenvalue weighted by Crippen LogP contribution is 2.14. The van der Waals surface area contributed by atoms with Crippen molar-refractivity contribution in [3.8, 4) is 0 Å². The first kappa shape index (κ1) is 7.39. The van der Waals surface area contributed by atoms with Crippen molar-refractivity contribution in [2.75, 3.05) is 6.54 Å². The van der Waals surface area contributed by atoms with Gasteiger partial charge in [-0.3, -0.25) is 0 Å². The molecule has 0 spiro atoms. The average Bonchev–Trinajstić information content (AvgIpc) is 2.03. The average molecular weight is 137 g/mol. The molecule has 0 fully saturated rings. The molecular formula is C9H15N. The molecule has 0 saturated heterocycles. The lowest BCUT2D eigenvalue weighted by Crippen LogP contribution is -2.14. The minimum atomic E-state index is 0.909.